The summed E-state index contributed by atoms with van der Waals surface area (Å²) in [6.45, 7) is 8.23. The summed E-state index contributed by atoms with van der Waals surface area (Å²) in [7, 11) is 0. The number of nitrogens with one attached hydrogen (secondary N) is 2. The van der Waals surface area contributed by atoms with Crippen LogP contribution in [-0.2, 0) is 0 Å². The van der Waals surface area contributed by atoms with Gasteiger partial charge in [-0.3, -0.25) is 5.10 Å². The van der Waals surface area contributed by atoms with E-state index in [4.69, 9.17) is 12.2 Å². The topological polar surface area (TPSA) is 57.4 Å². The number of aryl methyl sites for hydroxylation is 4. The fourth-order valence-corrected chi connectivity index (χ4v) is 3.05. The van der Waals surface area contributed by atoms with Gasteiger partial charge in [0.15, 0.2) is 4.64 Å². The first kappa shape index (κ1) is 13.0. The first-order valence-corrected chi connectivity index (χ1v) is 6.91. The Balaban J connectivity index is 2.39. The summed E-state index contributed by atoms with van der Waals surface area (Å²) in [4.78, 5) is 7.53. The molecular formula is C15H16N4S. The first-order chi connectivity index (χ1) is 9.47. The number of benzene rings is 1. The number of rotatable bonds is 1. The monoisotopic (exact) mass is 284 g/mol. The lowest BCUT2D eigenvalue weighted by Gasteiger charge is -2.09. The molecule has 0 saturated carbocycles. The zero-order valence-corrected chi connectivity index (χ0v) is 12.8. The van der Waals surface area contributed by atoms with E-state index in [9.17, 15) is 0 Å². The highest BCUT2D eigenvalue weighted by molar-refractivity contribution is 7.71. The maximum atomic E-state index is 5.29. The molecule has 102 valence electrons. The van der Waals surface area contributed by atoms with Crippen LogP contribution in [0.1, 0.15) is 22.5 Å². The van der Waals surface area contributed by atoms with Gasteiger partial charge in [-0.1, -0.05) is 29.9 Å². The average molecular weight is 284 g/mol. The van der Waals surface area contributed by atoms with E-state index in [-0.39, 0.29) is 0 Å². The van der Waals surface area contributed by atoms with Crippen molar-refractivity contribution in [3.8, 4) is 11.3 Å². The number of H-pyrrole nitrogens is 2. The van der Waals surface area contributed by atoms with Gasteiger partial charge in [-0.05, 0) is 38.8 Å². The molecule has 0 aliphatic rings. The highest BCUT2D eigenvalue weighted by Gasteiger charge is 2.15. The largest absolute Gasteiger partial charge is 0.340 e. The van der Waals surface area contributed by atoms with Gasteiger partial charge in [-0.15, -0.1) is 0 Å². The van der Waals surface area contributed by atoms with Gasteiger partial charge >= 0.3 is 0 Å². The van der Waals surface area contributed by atoms with Crippen molar-refractivity contribution in [2.24, 2.45) is 0 Å². The number of aromatic amines is 2. The Morgan fingerprint density at radius 3 is 2.30 bits per heavy atom. The predicted octanol–water partition coefficient (Wildman–Crippen LogP) is 3.92. The summed E-state index contributed by atoms with van der Waals surface area (Å²) >= 11 is 5.29. The number of nitrogens with zero attached hydrogens (tertiary/aromatic N) is 2. The van der Waals surface area contributed by atoms with Gasteiger partial charge in [0.25, 0.3) is 0 Å². The normalized spacial score (nSPS) is 11.2. The molecule has 2 aromatic heterocycles. The predicted molar refractivity (Wildman–Crippen MR) is 83.5 cm³/mol. The third-order valence-electron chi connectivity index (χ3n) is 3.47. The standard InChI is InChI=1S/C15H16N4S/c1-7-5-8(2)11(9(3)6-7)12-13-14(19-18-12)15(20)17-10(4)16-13/h5-6H,1-4H3,(H,18,19)(H,16,17,20). The van der Waals surface area contributed by atoms with E-state index in [0.29, 0.717) is 4.64 Å². The molecule has 0 radical (unpaired) electrons. The van der Waals surface area contributed by atoms with Crippen molar-refractivity contribution in [1.82, 2.24) is 20.2 Å². The quantitative estimate of drug-likeness (QED) is 0.666. The molecule has 5 heteroatoms. The Morgan fingerprint density at radius 2 is 1.65 bits per heavy atom. The molecule has 0 saturated heterocycles. The smallest absolute Gasteiger partial charge is 0.155 e. The van der Waals surface area contributed by atoms with E-state index in [1.807, 2.05) is 6.92 Å². The van der Waals surface area contributed by atoms with Crippen LogP contribution in [0.15, 0.2) is 12.1 Å². The van der Waals surface area contributed by atoms with Crippen LogP contribution in [0.3, 0.4) is 0 Å². The van der Waals surface area contributed by atoms with Crippen molar-refractivity contribution in [2.45, 2.75) is 27.7 Å². The minimum Gasteiger partial charge on any atom is -0.340 e. The third-order valence-corrected chi connectivity index (χ3v) is 3.76. The van der Waals surface area contributed by atoms with Gasteiger partial charge < -0.3 is 4.98 Å². The van der Waals surface area contributed by atoms with Crippen molar-refractivity contribution >= 4 is 23.3 Å². The summed E-state index contributed by atoms with van der Waals surface area (Å²) in [5, 5.41) is 7.46. The maximum Gasteiger partial charge on any atom is 0.155 e. The summed E-state index contributed by atoms with van der Waals surface area (Å²) in [6.07, 6.45) is 0. The van der Waals surface area contributed by atoms with Crippen LogP contribution in [0.2, 0.25) is 0 Å². The Labute approximate surface area is 122 Å². The SMILES string of the molecule is Cc1cc(C)c(-c2n[nH]c3c(=S)nc(C)[nH]c23)c(C)c1. The fourth-order valence-electron chi connectivity index (χ4n) is 2.77. The molecule has 20 heavy (non-hydrogen) atoms. The van der Waals surface area contributed by atoms with Gasteiger partial charge in [-0.25, -0.2) is 4.98 Å². The lowest BCUT2D eigenvalue weighted by molar-refractivity contribution is 1.07. The zero-order valence-electron chi connectivity index (χ0n) is 12.0. The Kier molecular flexibility index (Phi) is 2.94. The van der Waals surface area contributed by atoms with Gasteiger partial charge in [0, 0.05) is 5.56 Å². The molecule has 0 bridgehead atoms. The van der Waals surface area contributed by atoms with Gasteiger partial charge in [-0.2, -0.15) is 5.10 Å². The van der Waals surface area contributed by atoms with Gasteiger partial charge in [0.05, 0.1) is 5.52 Å². The number of hydrogen-bond donors (Lipinski definition) is 2. The molecule has 0 fully saturated rings. The van der Waals surface area contributed by atoms with Crippen molar-refractivity contribution in [3.63, 3.8) is 0 Å². The third kappa shape index (κ3) is 1.94. The number of aromatic nitrogens is 4. The lowest BCUT2D eigenvalue weighted by Crippen LogP contribution is -1.93. The van der Waals surface area contributed by atoms with Crippen molar-refractivity contribution < 1.29 is 0 Å². The van der Waals surface area contributed by atoms with Crippen LogP contribution in [0.5, 0.6) is 0 Å². The van der Waals surface area contributed by atoms with E-state index >= 15 is 0 Å². The summed E-state index contributed by atoms with van der Waals surface area (Å²) in [6, 6.07) is 4.34. The zero-order chi connectivity index (χ0) is 14.4. The second-order valence-electron chi connectivity index (χ2n) is 5.22. The second kappa shape index (κ2) is 4.52. The molecular weight excluding hydrogens is 268 g/mol. The lowest BCUT2D eigenvalue weighted by atomic mass is 9.97. The van der Waals surface area contributed by atoms with E-state index in [1.54, 1.807) is 0 Å². The van der Waals surface area contributed by atoms with Crippen molar-refractivity contribution in [2.75, 3.05) is 0 Å². The second-order valence-corrected chi connectivity index (χ2v) is 5.61. The van der Waals surface area contributed by atoms with Crippen molar-refractivity contribution in [3.05, 3.63) is 39.3 Å². The first-order valence-electron chi connectivity index (χ1n) is 6.50. The van der Waals surface area contributed by atoms with Gasteiger partial charge in [0.1, 0.15) is 17.0 Å². The van der Waals surface area contributed by atoms with E-state index < -0.39 is 0 Å². The number of fused-ring (bicyclic) bond motifs is 1. The molecule has 1 aromatic carbocycles. The van der Waals surface area contributed by atoms with Gasteiger partial charge in [0.2, 0.25) is 0 Å². The highest BCUT2D eigenvalue weighted by atomic mass is 32.1. The number of hydrogen-bond acceptors (Lipinski definition) is 3. The van der Waals surface area contributed by atoms with Crippen LogP contribution in [-0.4, -0.2) is 20.2 Å². The molecule has 4 nitrogen and oxygen atoms in total. The summed E-state index contributed by atoms with van der Waals surface area (Å²) < 4.78 is 0.553. The Hall–Kier alpha value is -2.01. The molecule has 0 amide bonds. The average Bonchev–Trinajstić information content (AvgIpc) is 2.72. The summed E-state index contributed by atoms with van der Waals surface area (Å²) in [5.74, 6) is 0.799. The molecule has 3 aromatic rings. The van der Waals surface area contributed by atoms with Crippen LogP contribution in [0.4, 0.5) is 0 Å². The molecule has 0 aliphatic carbocycles. The van der Waals surface area contributed by atoms with Crippen LogP contribution >= 0.6 is 12.2 Å². The van der Waals surface area contributed by atoms with E-state index in [0.717, 1.165) is 28.1 Å². The molecule has 0 aliphatic heterocycles. The van der Waals surface area contributed by atoms with Crippen molar-refractivity contribution in [1.29, 1.82) is 0 Å². The van der Waals surface area contributed by atoms with E-state index in [1.165, 1.54) is 16.7 Å². The molecule has 0 unspecified atom stereocenters. The molecule has 2 N–H and O–H groups in total. The summed E-state index contributed by atoms with van der Waals surface area (Å²) in [5.41, 5.74) is 7.46. The van der Waals surface area contributed by atoms with Crippen LogP contribution in [0, 0.1) is 32.3 Å². The highest BCUT2D eigenvalue weighted by Crippen LogP contribution is 2.31. The van der Waals surface area contributed by atoms with Crippen LogP contribution < -0.4 is 0 Å². The Morgan fingerprint density at radius 1 is 1.00 bits per heavy atom. The molecule has 0 atom stereocenters. The minimum absolute atomic E-state index is 0.553. The minimum atomic E-state index is 0.553. The van der Waals surface area contributed by atoms with Crippen LogP contribution in [0.25, 0.3) is 22.3 Å². The fraction of sp³-hybridized carbons (Fsp3) is 0.267. The maximum absolute atomic E-state index is 5.29. The molecule has 2 heterocycles. The Bertz CT molecular complexity index is 850. The molecule has 0 spiro atoms. The van der Waals surface area contributed by atoms with E-state index in [2.05, 4.69) is 53.1 Å². The molecule has 3 rings (SSSR count).